The fourth-order valence-corrected chi connectivity index (χ4v) is 1.38. The first-order valence-electron chi connectivity index (χ1n) is 3.78. The van der Waals surface area contributed by atoms with Crippen LogP contribution in [0.4, 0.5) is 14.5 Å². The Labute approximate surface area is 115 Å². The van der Waals surface area contributed by atoms with Gasteiger partial charge in [0.15, 0.2) is 5.82 Å². The number of hydrogen-bond donors (Lipinski definition) is 1. The Balaban J connectivity index is 0.00000225. The van der Waals surface area contributed by atoms with Crippen molar-refractivity contribution in [1.82, 2.24) is 0 Å². The molecule has 0 heterocycles. The summed E-state index contributed by atoms with van der Waals surface area (Å²) in [7, 11) is 0. The van der Waals surface area contributed by atoms with E-state index >= 15 is 0 Å². The predicted octanol–water partition coefficient (Wildman–Crippen LogP) is -1.83. The zero-order valence-electron chi connectivity index (χ0n) is 8.54. The van der Waals surface area contributed by atoms with E-state index < -0.39 is 39.2 Å². The molecule has 1 aromatic carbocycles. The van der Waals surface area contributed by atoms with Crippen LogP contribution in [0.1, 0.15) is 6.92 Å². The third kappa shape index (κ3) is 3.60. The SMILES string of the molecule is CC(=O)Nc1c(F)ccc(S(=O)[O-])c1F.[Na+]. The van der Waals surface area contributed by atoms with Crippen molar-refractivity contribution >= 4 is 22.7 Å². The van der Waals surface area contributed by atoms with Gasteiger partial charge in [0.25, 0.3) is 0 Å². The Kier molecular flexibility index (Phi) is 6.27. The van der Waals surface area contributed by atoms with Crippen molar-refractivity contribution in [2.24, 2.45) is 0 Å². The van der Waals surface area contributed by atoms with Crippen LogP contribution in [0.15, 0.2) is 17.0 Å². The van der Waals surface area contributed by atoms with Gasteiger partial charge in [-0.15, -0.1) is 0 Å². The normalized spacial score (nSPS) is 11.5. The molecule has 0 spiro atoms. The molecule has 82 valence electrons. The van der Waals surface area contributed by atoms with Crippen molar-refractivity contribution in [2.45, 2.75) is 11.8 Å². The molecule has 0 radical (unpaired) electrons. The van der Waals surface area contributed by atoms with Crippen molar-refractivity contribution in [3.63, 3.8) is 0 Å². The molecule has 1 atom stereocenters. The quantitative estimate of drug-likeness (QED) is 0.500. The summed E-state index contributed by atoms with van der Waals surface area (Å²) >= 11 is -2.82. The van der Waals surface area contributed by atoms with Gasteiger partial charge in [-0.2, -0.15) is 0 Å². The van der Waals surface area contributed by atoms with E-state index in [0.717, 1.165) is 19.1 Å². The van der Waals surface area contributed by atoms with E-state index in [0.29, 0.717) is 0 Å². The van der Waals surface area contributed by atoms with Crippen LogP contribution in [0.3, 0.4) is 0 Å². The summed E-state index contributed by atoms with van der Waals surface area (Å²) in [6, 6.07) is 1.54. The van der Waals surface area contributed by atoms with Gasteiger partial charge in [0, 0.05) is 6.92 Å². The fraction of sp³-hybridized carbons (Fsp3) is 0.125. The number of carbonyl (C=O) groups is 1. The number of halogens is 2. The Morgan fingerprint density at radius 3 is 2.44 bits per heavy atom. The van der Waals surface area contributed by atoms with E-state index in [9.17, 15) is 22.3 Å². The average Bonchev–Trinajstić information content (AvgIpc) is 2.11. The summed E-state index contributed by atoms with van der Waals surface area (Å²) in [6.45, 7) is 1.06. The summed E-state index contributed by atoms with van der Waals surface area (Å²) in [5.41, 5.74) is -0.760. The largest absolute Gasteiger partial charge is 1.00 e. The number of amides is 1. The maximum Gasteiger partial charge on any atom is 1.00 e. The molecule has 16 heavy (non-hydrogen) atoms. The molecular weight excluding hydrogens is 251 g/mol. The van der Waals surface area contributed by atoms with Crippen LogP contribution in [0.5, 0.6) is 0 Å². The second kappa shape index (κ2) is 6.41. The summed E-state index contributed by atoms with van der Waals surface area (Å²) in [5, 5.41) is 1.87. The second-order valence-corrected chi connectivity index (χ2v) is 3.56. The smallest absolute Gasteiger partial charge is 0.768 e. The first-order chi connectivity index (χ1) is 6.93. The number of carbonyl (C=O) groups excluding carboxylic acids is 1. The summed E-state index contributed by atoms with van der Waals surface area (Å²) < 4.78 is 47.3. The molecular formula is C8H6F2NNaO3S. The number of benzene rings is 1. The van der Waals surface area contributed by atoms with Gasteiger partial charge in [-0.3, -0.25) is 9.00 Å². The van der Waals surface area contributed by atoms with Gasteiger partial charge in [-0.05, 0) is 23.2 Å². The van der Waals surface area contributed by atoms with Crippen LogP contribution in [-0.4, -0.2) is 14.7 Å². The molecule has 8 heteroatoms. The third-order valence-electron chi connectivity index (χ3n) is 1.54. The number of hydrogen-bond acceptors (Lipinski definition) is 3. The Morgan fingerprint density at radius 1 is 1.44 bits per heavy atom. The summed E-state index contributed by atoms with van der Waals surface area (Å²) in [5.74, 6) is -3.03. The Hall–Kier alpha value is -0.340. The van der Waals surface area contributed by atoms with Crippen molar-refractivity contribution in [2.75, 3.05) is 5.32 Å². The minimum Gasteiger partial charge on any atom is -0.768 e. The van der Waals surface area contributed by atoms with Crippen LogP contribution in [0.25, 0.3) is 0 Å². The number of anilines is 1. The molecule has 1 unspecified atom stereocenters. The van der Waals surface area contributed by atoms with Crippen LogP contribution in [0, 0.1) is 11.6 Å². The minimum atomic E-state index is -2.82. The zero-order valence-corrected chi connectivity index (χ0v) is 11.4. The molecule has 0 bridgehead atoms. The van der Waals surface area contributed by atoms with E-state index in [2.05, 4.69) is 0 Å². The van der Waals surface area contributed by atoms with Gasteiger partial charge in [-0.1, -0.05) is 0 Å². The fourth-order valence-electron chi connectivity index (χ4n) is 0.953. The monoisotopic (exact) mass is 257 g/mol. The third-order valence-corrected chi connectivity index (χ3v) is 2.21. The summed E-state index contributed by atoms with van der Waals surface area (Å²) in [6.07, 6.45) is 0. The second-order valence-electron chi connectivity index (χ2n) is 2.65. The first kappa shape index (κ1) is 15.7. The van der Waals surface area contributed by atoms with Crippen LogP contribution < -0.4 is 34.9 Å². The maximum absolute atomic E-state index is 13.3. The van der Waals surface area contributed by atoms with Crippen molar-refractivity contribution in [3.05, 3.63) is 23.8 Å². The van der Waals surface area contributed by atoms with E-state index in [1.165, 1.54) is 0 Å². The van der Waals surface area contributed by atoms with E-state index in [1.54, 1.807) is 0 Å². The standard InChI is InChI=1S/C8H7F2NO3S.Na/c1-4(12)11-8-5(9)2-3-6(7(8)10)15(13)14;/h2-3H,1H3,(H,11,12)(H,13,14);/q;+1/p-1. The van der Waals surface area contributed by atoms with Gasteiger partial charge < -0.3 is 9.87 Å². The summed E-state index contributed by atoms with van der Waals surface area (Å²) in [4.78, 5) is 9.91. The van der Waals surface area contributed by atoms with E-state index in [4.69, 9.17) is 0 Å². The molecule has 0 aliphatic carbocycles. The van der Waals surface area contributed by atoms with Crippen LogP contribution >= 0.6 is 0 Å². The molecule has 4 nitrogen and oxygen atoms in total. The van der Waals surface area contributed by atoms with Gasteiger partial charge in [0.05, 0.1) is 4.90 Å². The van der Waals surface area contributed by atoms with Crippen LogP contribution in [-0.2, 0) is 15.9 Å². The van der Waals surface area contributed by atoms with Gasteiger partial charge in [-0.25, -0.2) is 8.78 Å². The van der Waals surface area contributed by atoms with Crippen LogP contribution in [0.2, 0.25) is 0 Å². The van der Waals surface area contributed by atoms with Gasteiger partial charge in [0.1, 0.15) is 11.5 Å². The molecule has 1 rings (SSSR count). The van der Waals surface area contributed by atoms with E-state index in [-0.39, 0.29) is 29.6 Å². The van der Waals surface area contributed by atoms with E-state index in [1.807, 2.05) is 5.32 Å². The van der Waals surface area contributed by atoms with Gasteiger partial charge >= 0.3 is 29.6 Å². The number of rotatable bonds is 2. The molecule has 1 amide bonds. The van der Waals surface area contributed by atoms with Crippen molar-refractivity contribution < 1.29 is 51.9 Å². The molecule has 0 aliphatic heterocycles. The molecule has 0 aliphatic rings. The molecule has 0 aromatic heterocycles. The number of nitrogens with one attached hydrogen (secondary N) is 1. The van der Waals surface area contributed by atoms with Crippen molar-refractivity contribution in [1.29, 1.82) is 0 Å². The average molecular weight is 257 g/mol. The Morgan fingerprint density at radius 2 is 2.00 bits per heavy atom. The van der Waals surface area contributed by atoms with Crippen molar-refractivity contribution in [3.8, 4) is 0 Å². The topological polar surface area (TPSA) is 69.2 Å². The first-order valence-corrected chi connectivity index (χ1v) is 4.86. The predicted molar refractivity (Wildman–Crippen MR) is 47.8 cm³/mol. The minimum absolute atomic E-state index is 0. The molecule has 0 saturated carbocycles. The maximum atomic E-state index is 13.3. The Bertz CT molecular complexity index is 442. The van der Waals surface area contributed by atoms with Gasteiger partial charge in [0.2, 0.25) is 5.91 Å². The molecule has 0 fully saturated rings. The molecule has 1 aromatic rings. The molecule has 0 saturated heterocycles. The molecule has 1 N–H and O–H groups in total. The zero-order chi connectivity index (χ0) is 11.6.